The molecular weight excluding hydrogens is 326 g/mol. The number of nitrogens with one attached hydrogen (secondary N) is 2. The molecule has 26 heavy (non-hydrogen) atoms. The van der Waals surface area contributed by atoms with Crippen LogP contribution in [0.5, 0.6) is 5.75 Å². The maximum atomic E-state index is 10.4. The van der Waals surface area contributed by atoms with Crippen molar-refractivity contribution in [2.75, 3.05) is 13.1 Å². The molecule has 0 unspecified atom stereocenters. The van der Waals surface area contributed by atoms with E-state index < -0.39 is 0 Å². The van der Waals surface area contributed by atoms with E-state index in [1.807, 2.05) is 48.5 Å². The number of H-pyrrole nitrogens is 1. The van der Waals surface area contributed by atoms with E-state index in [2.05, 4.69) is 15.3 Å². The lowest BCUT2D eigenvalue weighted by atomic mass is 9.78. The monoisotopic (exact) mass is 349 g/mol. The van der Waals surface area contributed by atoms with Crippen LogP contribution in [0.2, 0.25) is 0 Å². The quantitative estimate of drug-likeness (QED) is 0.680. The molecule has 2 fully saturated rings. The Bertz CT molecular complexity index is 872. The van der Waals surface area contributed by atoms with Crippen molar-refractivity contribution in [3.8, 4) is 17.1 Å². The first-order valence-electron chi connectivity index (χ1n) is 9.37. The predicted molar refractivity (Wildman–Crippen MR) is 101 cm³/mol. The number of hydrogen-bond donors (Lipinski definition) is 3. The predicted octanol–water partition coefficient (Wildman–Crippen LogP) is 2.97. The summed E-state index contributed by atoms with van der Waals surface area (Å²) in [5, 5.41) is 13.9. The van der Waals surface area contributed by atoms with E-state index in [-0.39, 0.29) is 12.2 Å². The molecule has 0 radical (unpaired) electrons. The van der Waals surface area contributed by atoms with Crippen molar-refractivity contribution in [3.05, 3.63) is 48.5 Å². The molecule has 5 heteroatoms. The van der Waals surface area contributed by atoms with Crippen LogP contribution < -0.4 is 10.1 Å². The summed E-state index contributed by atoms with van der Waals surface area (Å²) in [4.78, 5) is 7.98. The summed E-state index contributed by atoms with van der Waals surface area (Å²) < 4.78 is 6.12. The van der Waals surface area contributed by atoms with Gasteiger partial charge in [-0.1, -0.05) is 12.1 Å². The number of aromatic amines is 1. The zero-order valence-electron chi connectivity index (χ0n) is 14.6. The molecule has 5 nitrogen and oxygen atoms in total. The highest BCUT2D eigenvalue weighted by Crippen LogP contribution is 2.35. The highest BCUT2D eigenvalue weighted by molar-refractivity contribution is 5.79. The van der Waals surface area contributed by atoms with Gasteiger partial charge in [-0.25, -0.2) is 4.98 Å². The minimum atomic E-state index is -0.383. The van der Waals surface area contributed by atoms with Crippen molar-refractivity contribution in [1.82, 2.24) is 15.3 Å². The van der Waals surface area contributed by atoms with Gasteiger partial charge < -0.3 is 20.1 Å². The van der Waals surface area contributed by atoms with Crippen LogP contribution in [0.4, 0.5) is 0 Å². The average molecular weight is 349 g/mol. The number of fused-ring (bicyclic) bond motifs is 2. The Morgan fingerprint density at radius 1 is 0.962 bits per heavy atom. The van der Waals surface area contributed by atoms with Crippen LogP contribution in [0.3, 0.4) is 0 Å². The highest BCUT2D eigenvalue weighted by atomic mass is 16.5. The van der Waals surface area contributed by atoms with Crippen LogP contribution in [0.25, 0.3) is 22.4 Å². The fraction of sp³-hybridized carbons (Fsp3) is 0.381. The van der Waals surface area contributed by atoms with Crippen molar-refractivity contribution in [1.29, 1.82) is 0 Å². The minimum Gasteiger partial charge on any atom is -0.488 e. The molecule has 2 heterocycles. The largest absolute Gasteiger partial charge is 0.488 e. The van der Waals surface area contributed by atoms with E-state index >= 15 is 0 Å². The highest BCUT2D eigenvalue weighted by Gasteiger charge is 2.39. The summed E-state index contributed by atoms with van der Waals surface area (Å²) in [6, 6.07) is 16.0. The molecule has 5 rings (SSSR count). The number of imidazole rings is 1. The Balaban J connectivity index is 1.32. The molecule has 3 aromatic rings. The summed E-state index contributed by atoms with van der Waals surface area (Å²) in [5.41, 5.74) is 3.03. The molecule has 1 aliphatic carbocycles. The maximum Gasteiger partial charge on any atom is 0.138 e. The number of hydrogen-bond acceptors (Lipinski definition) is 4. The average Bonchev–Trinajstić information content (AvgIpc) is 3.29. The molecule has 4 atom stereocenters. The lowest BCUT2D eigenvalue weighted by Gasteiger charge is -2.35. The zero-order valence-corrected chi connectivity index (χ0v) is 14.6. The van der Waals surface area contributed by atoms with E-state index in [0.717, 1.165) is 54.1 Å². The lowest BCUT2D eigenvalue weighted by Crippen LogP contribution is -2.42. The van der Waals surface area contributed by atoms with E-state index in [1.54, 1.807) is 0 Å². The van der Waals surface area contributed by atoms with Crippen molar-refractivity contribution in [2.45, 2.75) is 25.0 Å². The maximum absolute atomic E-state index is 10.4. The van der Waals surface area contributed by atoms with Gasteiger partial charge in [-0.05, 0) is 74.2 Å². The molecular formula is C21H23N3O2. The molecule has 2 aliphatic rings. The third kappa shape index (κ3) is 2.87. The molecule has 1 aliphatic heterocycles. The van der Waals surface area contributed by atoms with Gasteiger partial charge in [0, 0.05) is 5.56 Å². The number of benzene rings is 2. The minimum absolute atomic E-state index is 0.117. The van der Waals surface area contributed by atoms with E-state index in [4.69, 9.17) is 4.74 Å². The first kappa shape index (κ1) is 15.9. The van der Waals surface area contributed by atoms with Crippen molar-refractivity contribution in [3.63, 3.8) is 0 Å². The van der Waals surface area contributed by atoms with Gasteiger partial charge in [0.25, 0.3) is 0 Å². The van der Waals surface area contributed by atoms with Crippen molar-refractivity contribution >= 4 is 11.0 Å². The first-order chi connectivity index (χ1) is 12.8. The number of nitrogens with zero attached hydrogens (tertiary/aromatic N) is 1. The number of para-hydroxylation sites is 2. The van der Waals surface area contributed by atoms with E-state index in [1.165, 1.54) is 0 Å². The molecule has 0 amide bonds. The Kier molecular flexibility index (Phi) is 3.91. The zero-order chi connectivity index (χ0) is 17.5. The third-order valence-electron chi connectivity index (χ3n) is 5.79. The topological polar surface area (TPSA) is 70.2 Å². The van der Waals surface area contributed by atoms with Crippen molar-refractivity contribution < 1.29 is 9.84 Å². The molecule has 0 spiro atoms. The van der Waals surface area contributed by atoms with Crippen LogP contribution in [0.15, 0.2) is 48.5 Å². The van der Waals surface area contributed by atoms with Crippen molar-refractivity contribution in [2.24, 2.45) is 11.8 Å². The second-order valence-electron chi connectivity index (χ2n) is 7.50. The summed E-state index contributed by atoms with van der Waals surface area (Å²) in [5.74, 6) is 2.88. The number of ether oxygens (including phenoxy) is 1. The van der Waals surface area contributed by atoms with Gasteiger partial charge >= 0.3 is 0 Å². The van der Waals surface area contributed by atoms with E-state index in [0.29, 0.717) is 11.8 Å². The molecule has 134 valence electrons. The second-order valence-corrected chi connectivity index (χ2v) is 7.50. The smallest absolute Gasteiger partial charge is 0.138 e. The molecule has 1 saturated carbocycles. The van der Waals surface area contributed by atoms with Crippen LogP contribution in [-0.4, -0.2) is 40.4 Å². The SMILES string of the molecule is O[C@@H]1C[C@H]2CNC[C@H]2C[C@H]1Oc1ccc(-c2nc3ccccc3[nH]2)cc1. The van der Waals surface area contributed by atoms with Gasteiger partial charge in [0.2, 0.25) is 0 Å². The van der Waals surface area contributed by atoms with Gasteiger partial charge in [-0.3, -0.25) is 0 Å². The lowest BCUT2D eigenvalue weighted by molar-refractivity contribution is -0.0231. The summed E-state index contributed by atoms with van der Waals surface area (Å²) in [7, 11) is 0. The molecule has 1 saturated heterocycles. The normalized spacial score (nSPS) is 28.2. The van der Waals surface area contributed by atoms with Gasteiger partial charge in [-0.2, -0.15) is 0 Å². The molecule has 2 aromatic carbocycles. The van der Waals surface area contributed by atoms with Crippen LogP contribution in [0.1, 0.15) is 12.8 Å². The number of aliphatic hydroxyl groups excluding tert-OH is 1. The second kappa shape index (κ2) is 6.41. The Hall–Kier alpha value is -2.37. The molecule has 3 N–H and O–H groups in total. The van der Waals surface area contributed by atoms with Gasteiger partial charge in [0.05, 0.1) is 17.1 Å². The number of aromatic nitrogens is 2. The Morgan fingerprint density at radius 2 is 1.73 bits per heavy atom. The summed E-state index contributed by atoms with van der Waals surface area (Å²) in [6.45, 7) is 2.07. The van der Waals surface area contributed by atoms with Crippen LogP contribution in [0, 0.1) is 11.8 Å². The van der Waals surface area contributed by atoms with Crippen LogP contribution >= 0.6 is 0 Å². The summed E-state index contributed by atoms with van der Waals surface area (Å²) >= 11 is 0. The van der Waals surface area contributed by atoms with Gasteiger partial charge in [0.1, 0.15) is 17.7 Å². The molecule has 0 bridgehead atoms. The first-order valence-corrected chi connectivity index (χ1v) is 9.37. The molecule has 1 aromatic heterocycles. The fourth-order valence-corrected chi connectivity index (χ4v) is 4.34. The number of aliphatic hydroxyl groups is 1. The van der Waals surface area contributed by atoms with Gasteiger partial charge in [0.15, 0.2) is 0 Å². The Labute approximate surface area is 152 Å². The number of rotatable bonds is 3. The fourth-order valence-electron chi connectivity index (χ4n) is 4.34. The van der Waals surface area contributed by atoms with E-state index in [9.17, 15) is 5.11 Å². The summed E-state index contributed by atoms with van der Waals surface area (Å²) in [6.07, 6.45) is 1.25. The Morgan fingerprint density at radius 3 is 2.54 bits per heavy atom. The third-order valence-corrected chi connectivity index (χ3v) is 5.79. The van der Waals surface area contributed by atoms with Gasteiger partial charge in [-0.15, -0.1) is 0 Å². The van der Waals surface area contributed by atoms with Crippen LogP contribution in [-0.2, 0) is 0 Å². The standard InChI is InChI=1S/C21H23N3O2/c25-19-9-14-11-22-12-15(14)10-20(19)26-16-7-5-13(6-8-16)21-23-17-3-1-2-4-18(17)24-21/h1-8,14-15,19-20,22,25H,9-12H2,(H,23,24)/t14-,15+,19+,20+/m0/s1.